The van der Waals surface area contributed by atoms with Crippen LogP contribution in [0.3, 0.4) is 0 Å². The van der Waals surface area contributed by atoms with Gasteiger partial charge in [-0.25, -0.2) is 0 Å². The van der Waals surface area contributed by atoms with Gasteiger partial charge in [0.25, 0.3) is 0 Å². The molecule has 6 rings (SSSR count). The molecule has 134 valence electrons. The van der Waals surface area contributed by atoms with Crippen LogP contribution in [-0.2, 0) is 9.53 Å². The Morgan fingerprint density at radius 2 is 1.69 bits per heavy atom. The highest BCUT2D eigenvalue weighted by Crippen LogP contribution is 2.55. The van der Waals surface area contributed by atoms with E-state index in [2.05, 4.69) is 59.2 Å². The van der Waals surface area contributed by atoms with Gasteiger partial charge < -0.3 is 15.4 Å². The average molecular weight is 348 g/mol. The van der Waals surface area contributed by atoms with Gasteiger partial charge in [-0.3, -0.25) is 4.79 Å². The number of hydrogen-bond acceptors (Lipinski definition) is 3. The molecule has 4 aliphatic rings. The van der Waals surface area contributed by atoms with Crippen molar-refractivity contribution in [3.63, 3.8) is 0 Å². The largest absolute Gasteiger partial charge is 0.366 e. The molecule has 1 amide bonds. The zero-order valence-corrected chi connectivity index (χ0v) is 14.8. The van der Waals surface area contributed by atoms with E-state index in [0.29, 0.717) is 37.5 Å². The van der Waals surface area contributed by atoms with E-state index in [1.807, 2.05) is 0 Å². The zero-order valence-electron chi connectivity index (χ0n) is 14.8. The van der Waals surface area contributed by atoms with Crippen molar-refractivity contribution in [2.45, 2.75) is 24.4 Å². The van der Waals surface area contributed by atoms with Gasteiger partial charge in [-0.05, 0) is 34.6 Å². The number of nitrogens with one attached hydrogen (secondary N) is 2. The van der Waals surface area contributed by atoms with E-state index in [-0.39, 0.29) is 12.0 Å². The van der Waals surface area contributed by atoms with Crippen LogP contribution in [0.15, 0.2) is 48.5 Å². The molecule has 2 unspecified atom stereocenters. The van der Waals surface area contributed by atoms with Gasteiger partial charge in [0, 0.05) is 31.5 Å². The van der Waals surface area contributed by atoms with Crippen LogP contribution in [0.5, 0.6) is 0 Å². The molecule has 0 aromatic heterocycles. The van der Waals surface area contributed by atoms with Crippen LogP contribution in [-0.4, -0.2) is 38.3 Å². The molecular weight excluding hydrogens is 324 g/mol. The lowest BCUT2D eigenvalue weighted by Gasteiger charge is -2.45. The minimum absolute atomic E-state index is 0.0141. The van der Waals surface area contributed by atoms with Crippen LogP contribution in [0.1, 0.15) is 40.5 Å². The molecule has 1 saturated heterocycles. The van der Waals surface area contributed by atoms with Gasteiger partial charge in [-0.15, -0.1) is 0 Å². The fraction of sp³-hybridized carbons (Fsp3) is 0.409. The van der Waals surface area contributed by atoms with Gasteiger partial charge in [0.15, 0.2) is 0 Å². The van der Waals surface area contributed by atoms with Crippen molar-refractivity contribution >= 4 is 5.91 Å². The molecule has 4 heteroatoms. The summed E-state index contributed by atoms with van der Waals surface area (Å²) in [5, 5.41) is 6.39. The van der Waals surface area contributed by atoms with Crippen molar-refractivity contribution in [3.8, 4) is 0 Å². The van der Waals surface area contributed by atoms with Gasteiger partial charge in [0.2, 0.25) is 5.91 Å². The fourth-order valence-corrected chi connectivity index (χ4v) is 5.04. The third-order valence-corrected chi connectivity index (χ3v) is 6.18. The minimum atomic E-state index is -0.357. The Bertz CT molecular complexity index is 781. The smallest absolute Gasteiger partial charge is 0.250 e. The molecule has 2 aromatic carbocycles. The van der Waals surface area contributed by atoms with Crippen molar-refractivity contribution in [1.29, 1.82) is 0 Å². The van der Waals surface area contributed by atoms with Crippen molar-refractivity contribution in [1.82, 2.24) is 10.6 Å². The Balaban J connectivity index is 1.39. The molecular formula is C22H24N2O2. The Morgan fingerprint density at radius 3 is 2.31 bits per heavy atom. The van der Waals surface area contributed by atoms with Crippen molar-refractivity contribution in [2.75, 3.05) is 26.2 Å². The van der Waals surface area contributed by atoms with E-state index in [9.17, 15) is 4.79 Å². The molecule has 1 aliphatic heterocycles. The van der Waals surface area contributed by atoms with Crippen LogP contribution in [0.25, 0.3) is 0 Å². The highest BCUT2D eigenvalue weighted by atomic mass is 16.5. The summed E-state index contributed by atoms with van der Waals surface area (Å²) in [6, 6.07) is 17.7. The summed E-state index contributed by atoms with van der Waals surface area (Å²) in [5.74, 6) is 1.27. The van der Waals surface area contributed by atoms with Gasteiger partial charge in [0.05, 0.1) is 6.61 Å². The van der Waals surface area contributed by atoms with Gasteiger partial charge in [0.1, 0.15) is 6.10 Å². The van der Waals surface area contributed by atoms with Crippen molar-refractivity contribution < 1.29 is 9.53 Å². The lowest BCUT2D eigenvalue weighted by molar-refractivity contribution is -0.134. The maximum atomic E-state index is 12.5. The van der Waals surface area contributed by atoms with Crippen molar-refractivity contribution in [2.24, 2.45) is 5.92 Å². The molecule has 2 bridgehead atoms. The second-order valence-electron chi connectivity index (χ2n) is 7.59. The second-order valence-corrected chi connectivity index (χ2v) is 7.59. The Morgan fingerprint density at radius 1 is 1.04 bits per heavy atom. The lowest BCUT2D eigenvalue weighted by atomic mass is 9.59. The summed E-state index contributed by atoms with van der Waals surface area (Å²) in [7, 11) is 0. The molecule has 1 heterocycles. The summed E-state index contributed by atoms with van der Waals surface area (Å²) in [5.41, 5.74) is 5.83. The fourth-order valence-electron chi connectivity index (χ4n) is 5.04. The number of hydrogen-bond donors (Lipinski definition) is 2. The Kier molecular flexibility index (Phi) is 4.03. The van der Waals surface area contributed by atoms with Crippen molar-refractivity contribution in [3.05, 3.63) is 70.8 Å². The number of carbonyl (C=O) groups is 1. The number of benzene rings is 2. The highest BCUT2D eigenvalue weighted by molar-refractivity contribution is 5.81. The molecule has 4 nitrogen and oxygen atoms in total. The summed E-state index contributed by atoms with van der Waals surface area (Å²) in [6.45, 7) is 2.74. The first-order chi connectivity index (χ1) is 12.8. The number of amides is 1. The van der Waals surface area contributed by atoms with E-state index in [4.69, 9.17) is 4.74 Å². The van der Waals surface area contributed by atoms with E-state index < -0.39 is 0 Å². The minimum Gasteiger partial charge on any atom is -0.366 e. The monoisotopic (exact) mass is 348 g/mol. The molecule has 0 spiro atoms. The SMILES string of the molecule is O=C(NCC1CC2c3ccccc3C1c1ccccc12)C1CNCCO1. The van der Waals surface area contributed by atoms with Crippen LogP contribution in [0.4, 0.5) is 0 Å². The number of morpholine rings is 1. The quantitative estimate of drug-likeness (QED) is 0.895. The maximum Gasteiger partial charge on any atom is 0.250 e. The lowest BCUT2D eigenvalue weighted by Crippen LogP contribution is -2.49. The Hall–Kier alpha value is -2.17. The summed E-state index contributed by atoms with van der Waals surface area (Å²) in [6.07, 6.45) is 0.743. The number of ether oxygens (including phenoxy) is 1. The molecule has 2 aromatic rings. The maximum absolute atomic E-state index is 12.5. The van der Waals surface area contributed by atoms with Gasteiger partial charge in [-0.2, -0.15) is 0 Å². The van der Waals surface area contributed by atoms with E-state index in [1.165, 1.54) is 22.3 Å². The Labute approximate surface area is 153 Å². The van der Waals surface area contributed by atoms with E-state index >= 15 is 0 Å². The van der Waals surface area contributed by atoms with Crippen LogP contribution < -0.4 is 10.6 Å². The molecule has 0 radical (unpaired) electrons. The first kappa shape index (κ1) is 16.0. The zero-order chi connectivity index (χ0) is 17.5. The molecule has 2 atom stereocenters. The van der Waals surface area contributed by atoms with Crippen LogP contribution in [0, 0.1) is 5.92 Å². The van der Waals surface area contributed by atoms with Crippen LogP contribution >= 0.6 is 0 Å². The van der Waals surface area contributed by atoms with E-state index in [0.717, 1.165) is 13.0 Å². The second kappa shape index (κ2) is 6.53. The summed E-state index contributed by atoms with van der Waals surface area (Å²) in [4.78, 5) is 12.5. The summed E-state index contributed by atoms with van der Waals surface area (Å²) >= 11 is 0. The third kappa shape index (κ3) is 2.56. The molecule has 3 aliphatic carbocycles. The standard InChI is InChI=1S/C22H24N2O2/c25-22(20-13-23-9-10-26-20)24-12-14-11-19-15-5-1-3-7-17(15)21(14)18-8-4-2-6-16(18)19/h1-8,14,19-21,23H,9-13H2,(H,24,25). The van der Waals surface area contributed by atoms with E-state index in [1.54, 1.807) is 0 Å². The highest BCUT2D eigenvalue weighted by Gasteiger charge is 2.43. The summed E-state index contributed by atoms with van der Waals surface area (Å²) < 4.78 is 5.58. The van der Waals surface area contributed by atoms with Crippen LogP contribution in [0.2, 0.25) is 0 Å². The molecule has 2 N–H and O–H groups in total. The first-order valence-electron chi connectivity index (χ1n) is 9.60. The molecule has 1 fully saturated rings. The molecule has 0 saturated carbocycles. The predicted molar refractivity (Wildman–Crippen MR) is 100 cm³/mol. The number of rotatable bonds is 3. The predicted octanol–water partition coefficient (Wildman–Crippen LogP) is 2.39. The van der Waals surface area contributed by atoms with Gasteiger partial charge in [-0.1, -0.05) is 48.5 Å². The third-order valence-electron chi connectivity index (χ3n) is 6.18. The number of carbonyl (C=O) groups excluding carboxylic acids is 1. The topological polar surface area (TPSA) is 50.4 Å². The molecule has 26 heavy (non-hydrogen) atoms. The normalized spacial score (nSPS) is 28.9. The van der Waals surface area contributed by atoms with Gasteiger partial charge >= 0.3 is 0 Å². The number of fused-ring (bicyclic) bond motifs is 1. The average Bonchev–Trinajstić information content (AvgIpc) is 2.73. The first-order valence-corrected chi connectivity index (χ1v) is 9.60.